The Balaban J connectivity index is 2.86. The average molecular weight is 136 g/mol. The zero-order valence-electron chi connectivity index (χ0n) is 5.23. The summed E-state index contributed by atoms with van der Waals surface area (Å²) in [5.74, 6) is 0.375. The van der Waals surface area contributed by atoms with E-state index in [4.69, 9.17) is 0 Å². The molecule has 0 amide bonds. The van der Waals surface area contributed by atoms with Crippen LogP contribution in [0.15, 0.2) is 0 Å². The highest BCUT2D eigenvalue weighted by Crippen LogP contribution is 2.04. The summed E-state index contributed by atoms with van der Waals surface area (Å²) in [7, 11) is 0. The largest absolute Gasteiger partial charge is 0.247 e. The fourth-order valence-corrected chi connectivity index (χ4v) is 0.699. The van der Waals surface area contributed by atoms with E-state index in [0.29, 0.717) is 12.2 Å². The van der Waals surface area contributed by atoms with E-state index < -0.39 is 6.17 Å². The van der Waals surface area contributed by atoms with Crippen LogP contribution in [0.1, 0.15) is 26.2 Å². The summed E-state index contributed by atoms with van der Waals surface area (Å²) in [5, 5.41) is 0. The van der Waals surface area contributed by atoms with Crippen LogP contribution in [0.3, 0.4) is 0 Å². The highest BCUT2D eigenvalue weighted by molar-refractivity contribution is 7.80. The van der Waals surface area contributed by atoms with Gasteiger partial charge in [0.2, 0.25) is 0 Å². The number of thiol groups is 1. The summed E-state index contributed by atoms with van der Waals surface area (Å²) >= 11 is 3.81. The predicted octanol–water partition coefficient (Wildman–Crippen LogP) is 2.44. The molecule has 0 aliphatic carbocycles. The van der Waals surface area contributed by atoms with Crippen molar-refractivity contribution in [3.8, 4) is 0 Å². The first-order chi connectivity index (χ1) is 3.81. The van der Waals surface area contributed by atoms with Gasteiger partial charge < -0.3 is 0 Å². The van der Waals surface area contributed by atoms with E-state index in [1.807, 2.05) is 0 Å². The highest BCUT2D eigenvalue weighted by atomic mass is 32.1. The van der Waals surface area contributed by atoms with Crippen molar-refractivity contribution in [1.29, 1.82) is 0 Å². The SMILES string of the molecule is CCCCC(F)CS. The molecule has 0 aliphatic heterocycles. The molecule has 1 unspecified atom stereocenters. The normalized spacial score (nSPS) is 13.9. The molecule has 0 heterocycles. The van der Waals surface area contributed by atoms with E-state index in [1.165, 1.54) is 0 Å². The Kier molecular flexibility index (Phi) is 5.61. The molecule has 0 spiro atoms. The molecule has 0 aliphatic rings. The first-order valence-electron chi connectivity index (χ1n) is 3.06. The second-order valence-corrected chi connectivity index (χ2v) is 2.29. The van der Waals surface area contributed by atoms with E-state index in [-0.39, 0.29) is 0 Å². The van der Waals surface area contributed by atoms with Gasteiger partial charge in [-0.2, -0.15) is 12.6 Å². The molecule has 0 nitrogen and oxygen atoms in total. The molecule has 0 aromatic rings. The van der Waals surface area contributed by atoms with Gasteiger partial charge in [-0.15, -0.1) is 0 Å². The van der Waals surface area contributed by atoms with E-state index in [1.54, 1.807) is 0 Å². The van der Waals surface area contributed by atoms with Gasteiger partial charge in [0.15, 0.2) is 0 Å². The van der Waals surface area contributed by atoms with Crippen molar-refractivity contribution in [2.75, 3.05) is 5.75 Å². The van der Waals surface area contributed by atoms with Gasteiger partial charge in [0.1, 0.15) is 6.17 Å². The van der Waals surface area contributed by atoms with Crippen LogP contribution in [0.25, 0.3) is 0 Å². The molecule has 0 saturated carbocycles. The molecule has 0 N–H and O–H groups in total. The summed E-state index contributed by atoms with van der Waals surface area (Å²) in [4.78, 5) is 0. The topological polar surface area (TPSA) is 0 Å². The van der Waals surface area contributed by atoms with Crippen LogP contribution in [-0.2, 0) is 0 Å². The van der Waals surface area contributed by atoms with E-state index >= 15 is 0 Å². The van der Waals surface area contributed by atoms with Gasteiger partial charge in [-0.1, -0.05) is 19.8 Å². The Morgan fingerprint density at radius 1 is 1.62 bits per heavy atom. The van der Waals surface area contributed by atoms with Crippen LogP contribution >= 0.6 is 12.6 Å². The zero-order valence-corrected chi connectivity index (χ0v) is 6.13. The van der Waals surface area contributed by atoms with Crippen molar-refractivity contribution >= 4 is 12.6 Å². The fraction of sp³-hybridized carbons (Fsp3) is 1.00. The predicted molar refractivity (Wildman–Crippen MR) is 38.3 cm³/mol. The molecular formula is C6H13FS. The Morgan fingerprint density at radius 3 is 2.62 bits per heavy atom. The number of halogens is 1. The first-order valence-corrected chi connectivity index (χ1v) is 3.69. The number of alkyl halides is 1. The maximum absolute atomic E-state index is 12.2. The van der Waals surface area contributed by atoms with Crippen molar-refractivity contribution in [2.24, 2.45) is 0 Å². The van der Waals surface area contributed by atoms with Gasteiger partial charge in [0, 0.05) is 5.75 Å². The number of unbranched alkanes of at least 4 members (excludes halogenated alkanes) is 1. The average Bonchev–Trinajstić information content (AvgIpc) is 1.83. The minimum Gasteiger partial charge on any atom is -0.247 e. The highest BCUT2D eigenvalue weighted by Gasteiger charge is 1.99. The fourth-order valence-electron chi connectivity index (χ4n) is 0.517. The zero-order chi connectivity index (χ0) is 6.41. The molecule has 0 saturated heterocycles. The van der Waals surface area contributed by atoms with Crippen molar-refractivity contribution in [3.63, 3.8) is 0 Å². The van der Waals surface area contributed by atoms with Crippen molar-refractivity contribution < 1.29 is 4.39 Å². The summed E-state index contributed by atoms with van der Waals surface area (Å²) in [5.41, 5.74) is 0. The van der Waals surface area contributed by atoms with Crippen LogP contribution in [0.2, 0.25) is 0 Å². The van der Waals surface area contributed by atoms with Crippen molar-refractivity contribution in [3.05, 3.63) is 0 Å². The van der Waals surface area contributed by atoms with E-state index in [9.17, 15) is 4.39 Å². The minimum absolute atomic E-state index is 0.375. The third-order valence-electron chi connectivity index (χ3n) is 1.07. The van der Waals surface area contributed by atoms with Crippen LogP contribution in [-0.4, -0.2) is 11.9 Å². The van der Waals surface area contributed by atoms with Crippen LogP contribution in [0, 0.1) is 0 Å². The number of hydrogen-bond donors (Lipinski definition) is 1. The Morgan fingerprint density at radius 2 is 2.25 bits per heavy atom. The molecule has 0 rings (SSSR count). The maximum atomic E-state index is 12.2. The Labute approximate surface area is 55.9 Å². The van der Waals surface area contributed by atoms with Crippen molar-refractivity contribution in [1.82, 2.24) is 0 Å². The van der Waals surface area contributed by atoms with Gasteiger partial charge in [-0.3, -0.25) is 0 Å². The van der Waals surface area contributed by atoms with Crippen molar-refractivity contribution in [2.45, 2.75) is 32.4 Å². The minimum atomic E-state index is -0.682. The maximum Gasteiger partial charge on any atom is 0.109 e. The third kappa shape index (κ3) is 4.44. The summed E-state index contributed by atoms with van der Waals surface area (Å²) in [6.07, 6.45) is 2.06. The van der Waals surface area contributed by atoms with Gasteiger partial charge in [-0.25, -0.2) is 4.39 Å². The Bertz CT molecular complexity index is 47.8. The van der Waals surface area contributed by atoms with Gasteiger partial charge in [0.05, 0.1) is 0 Å². The van der Waals surface area contributed by atoms with E-state index in [2.05, 4.69) is 19.6 Å². The van der Waals surface area contributed by atoms with Crippen LogP contribution in [0.4, 0.5) is 4.39 Å². The monoisotopic (exact) mass is 136 g/mol. The third-order valence-corrected chi connectivity index (χ3v) is 1.47. The van der Waals surface area contributed by atoms with Gasteiger partial charge >= 0.3 is 0 Å². The second kappa shape index (κ2) is 5.42. The molecular weight excluding hydrogens is 123 g/mol. The lowest BCUT2D eigenvalue weighted by Crippen LogP contribution is -2.00. The smallest absolute Gasteiger partial charge is 0.109 e. The number of rotatable bonds is 4. The molecule has 50 valence electrons. The molecule has 0 fully saturated rings. The molecule has 1 atom stereocenters. The molecule has 0 aromatic carbocycles. The molecule has 8 heavy (non-hydrogen) atoms. The Hall–Kier alpha value is 0.280. The molecule has 2 heteroatoms. The molecule has 0 aromatic heterocycles. The standard InChI is InChI=1S/C6H13FS/c1-2-3-4-6(7)5-8/h6,8H,2-5H2,1H3. The lowest BCUT2D eigenvalue weighted by Gasteiger charge is -2.00. The van der Waals surface area contributed by atoms with Crippen LogP contribution < -0.4 is 0 Å². The summed E-state index contributed by atoms with van der Waals surface area (Å²) < 4.78 is 12.2. The lowest BCUT2D eigenvalue weighted by molar-refractivity contribution is 0.339. The van der Waals surface area contributed by atoms with Gasteiger partial charge in [0.25, 0.3) is 0 Å². The summed E-state index contributed by atoms with van der Waals surface area (Å²) in [6.45, 7) is 2.06. The van der Waals surface area contributed by atoms with Crippen LogP contribution in [0.5, 0.6) is 0 Å². The molecule has 0 bridgehead atoms. The van der Waals surface area contributed by atoms with E-state index in [0.717, 1.165) is 12.8 Å². The number of hydrogen-bond acceptors (Lipinski definition) is 1. The van der Waals surface area contributed by atoms with Gasteiger partial charge in [-0.05, 0) is 6.42 Å². The quantitative estimate of drug-likeness (QED) is 0.564. The second-order valence-electron chi connectivity index (χ2n) is 1.92. The molecule has 0 radical (unpaired) electrons. The lowest BCUT2D eigenvalue weighted by atomic mass is 10.2. The summed E-state index contributed by atoms with van der Waals surface area (Å²) in [6, 6.07) is 0. The first kappa shape index (κ1) is 8.28.